The summed E-state index contributed by atoms with van der Waals surface area (Å²) in [6, 6.07) is 5.58. The molecule has 1 unspecified atom stereocenters. The first-order chi connectivity index (χ1) is 11.2. The zero-order valence-electron chi connectivity index (χ0n) is 14.7. The molecular formula is C17H29IN4O2. The van der Waals surface area contributed by atoms with Crippen LogP contribution >= 0.6 is 24.0 Å². The van der Waals surface area contributed by atoms with E-state index in [1.165, 1.54) is 19.4 Å². The summed E-state index contributed by atoms with van der Waals surface area (Å²) >= 11 is 0. The molecule has 0 amide bonds. The normalized spacial score (nSPS) is 18.6. The van der Waals surface area contributed by atoms with Crippen LogP contribution in [0.5, 0.6) is 11.5 Å². The molecule has 0 saturated carbocycles. The van der Waals surface area contributed by atoms with Crippen LogP contribution in [0.1, 0.15) is 19.8 Å². The summed E-state index contributed by atoms with van der Waals surface area (Å²) in [6.45, 7) is 6.40. The molecule has 0 bridgehead atoms. The first-order valence-electron chi connectivity index (χ1n) is 8.17. The number of anilines is 1. The van der Waals surface area contributed by atoms with E-state index in [1.807, 2.05) is 18.2 Å². The number of halogens is 1. The number of nitrogens with zero attached hydrogens (tertiary/aromatic N) is 2. The summed E-state index contributed by atoms with van der Waals surface area (Å²) < 4.78 is 10.5. The fraction of sp³-hybridized carbons (Fsp3) is 0.588. The predicted octanol–water partition coefficient (Wildman–Crippen LogP) is 2.78. The molecule has 0 aliphatic carbocycles. The van der Waals surface area contributed by atoms with Crippen LogP contribution in [0.2, 0.25) is 0 Å². The van der Waals surface area contributed by atoms with Crippen molar-refractivity contribution in [1.29, 1.82) is 0 Å². The number of benzene rings is 1. The maximum atomic E-state index is 6.01. The minimum absolute atomic E-state index is 0. The Hall–Kier alpha value is -1.22. The Labute approximate surface area is 161 Å². The molecule has 1 saturated heterocycles. The van der Waals surface area contributed by atoms with E-state index < -0.39 is 0 Å². The van der Waals surface area contributed by atoms with Gasteiger partial charge < -0.3 is 25.4 Å². The Bertz CT molecular complexity index is 539. The van der Waals surface area contributed by atoms with Gasteiger partial charge in [-0.1, -0.05) is 6.92 Å². The van der Waals surface area contributed by atoms with E-state index in [2.05, 4.69) is 22.1 Å². The van der Waals surface area contributed by atoms with Gasteiger partial charge in [0.25, 0.3) is 0 Å². The van der Waals surface area contributed by atoms with E-state index in [4.69, 9.17) is 15.2 Å². The average Bonchev–Trinajstić information content (AvgIpc) is 2.60. The number of guanidine groups is 1. The number of aliphatic imine (C=N–C) groups is 1. The number of hydrogen-bond acceptors (Lipinski definition) is 4. The molecule has 1 aromatic carbocycles. The first kappa shape index (κ1) is 20.8. The zero-order valence-corrected chi connectivity index (χ0v) is 17.1. The summed E-state index contributed by atoms with van der Waals surface area (Å²) in [7, 11) is 3.23. The second-order valence-electron chi connectivity index (χ2n) is 5.82. The van der Waals surface area contributed by atoms with Crippen LogP contribution in [0, 0.1) is 5.92 Å². The fourth-order valence-electron chi connectivity index (χ4n) is 2.92. The number of nitrogens with two attached hydrogens (primary N) is 1. The molecule has 6 nitrogen and oxygen atoms in total. The highest BCUT2D eigenvalue weighted by Crippen LogP contribution is 2.29. The number of piperidine rings is 1. The second-order valence-corrected chi connectivity index (χ2v) is 5.82. The van der Waals surface area contributed by atoms with Crippen LogP contribution in [0.25, 0.3) is 0 Å². The molecule has 0 radical (unpaired) electrons. The third kappa shape index (κ3) is 6.01. The van der Waals surface area contributed by atoms with E-state index >= 15 is 0 Å². The molecule has 1 aliphatic heterocycles. The minimum Gasteiger partial charge on any atom is -0.493 e. The van der Waals surface area contributed by atoms with Crippen LogP contribution in [-0.2, 0) is 0 Å². The summed E-state index contributed by atoms with van der Waals surface area (Å²) in [5, 5.41) is 3.11. The number of ether oxygens (including phenoxy) is 2. The van der Waals surface area contributed by atoms with Crippen molar-refractivity contribution in [2.45, 2.75) is 19.8 Å². The topological polar surface area (TPSA) is 72.1 Å². The Morgan fingerprint density at radius 2 is 2.08 bits per heavy atom. The molecule has 24 heavy (non-hydrogen) atoms. The smallest absolute Gasteiger partial charge is 0.193 e. The van der Waals surface area contributed by atoms with Crippen molar-refractivity contribution in [3.05, 3.63) is 18.2 Å². The van der Waals surface area contributed by atoms with Crippen LogP contribution in [0.15, 0.2) is 23.2 Å². The van der Waals surface area contributed by atoms with Crippen molar-refractivity contribution in [3.8, 4) is 11.5 Å². The molecule has 1 aliphatic rings. The minimum atomic E-state index is 0. The first-order valence-corrected chi connectivity index (χ1v) is 8.17. The van der Waals surface area contributed by atoms with E-state index in [0.29, 0.717) is 23.4 Å². The number of methoxy groups -OCH3 is 2. The standard InChI is InChI=1S/C17H28N4O2.HI/c1-4-21-9-5-6-13(12-21)11-19-17(18)20-14-7-8-15(22-2)16(10-14)23-3;/h7-8,10,13H,4-6,9,11-12H2,1-3H3,(H3,18,19,20);1H. The van der Waals surface area contributed by atoms with Gasteiger partial charge in [-0.15, -0.1) is 24.0 Å². The molecule has 2 rings (SSSR count). The lowest BCUT2D eigenvalue weighted by atomic mass is 9.98. The third-order valence-corrected chi connectivity index (χ3v) is 4.23. The summed E-state index contributed by atoms with van der Waals surface area (Å²) in [6.07, 6.45) is 2.47. The summed E-state index contributed by atoms with van der Waals surface area (Å²) in [5.41, 5.74) is 6.84. The highest BCUT2D eigenvalue weighted by Gasteiger charge is 2.18. The molecule has 1 atom stereocenters. The molecule has 1 heterocycles. The zero-order chi connectivity index (χ0) is 16.7. The predicted molar refractivity (Wildman–Crippen MR) is 110 cm³/mol. The van der Waals surface area contributed by atoms with Gasteiger partial charge in [0.2, 0.25) is 0 Å². The Morgan fingerprint density at radius 1 is 1.33 bits per heavy atom. The number of likely N-dealkylation sites (tertiary alicyclic amines) is 1. The maximum absolute atomic E-state index is 6.01. The lowest BCUT2D eigenvalue weighted by Gasteiger charge is -2.30. The van der Waals surface area contributed by atoms with Gasteiger partial charge in [-0.2, -0.15) is 0 Å². The molecule has 1 fully saturated rings. The largest absolute Gasteiger partial charge is 0.493 e. The van der Waals surface area contributed by atoms with E-state index in [0.717, 1.165) is 25.3 Å². The fourth-order valence-corrected chi connectivity index (χ4v) is 2.92. The van der Waals surface area contributed by atoms with Crippen molar-refractivity contribution in [2.75, 3.05) is 45.7 Å². The van der Waals surface area contributed by atoms with E-state index in [1.54, 1.807) is 14.2 Å². The molecule has 0 spiro atoms. The number of hydrogen-bond donors (Lipinski definition) is 2. The van der Waals surface area contributed by atoms with Crippen molar-refractivity contribution < 1.29 is 9.47 Å². The van der Waals surface area contributed by atoms with E-state index in [-0.39, 0.29) is 24.0 Å². The van der Waals surface area contributed by atoms with Crippen LogP contribution in [0.4, 0.5) is 5.69 Å². The number of rotatable bonds is 6. The molecule has 136 valence electrons. The van der Waals surface area contributed by atoms with Crippen molar-refractivity contribution in [2.24, 2.45) is 16.6 Å². The van der Waals surface area contributed by atoms with Gasteiger partial charge in [0, 0.05) is 24.8 Å². The monoisotopic (exact) mass is 448 g/mol. The summed E-state index contributed by atoms with van der Waals surface area (Å²) in [4.78, 5) is 6.97. The molecule has 1 aromatic rings. The SMILES string of the molecule is CCN1CCCC(CN=C(N)Nc2ccc(OC)c(OC)c2)C1.I. The van der Waals surface area contributed by atoms with Crippen LogP contribution < -0.4 is 20.5 Å². The van der Waals surface area contributed by atoms with Crippen molar-refractivity contribution in [3.63, 3.8) is 0 Å². The maximum Gasteiger partial charge on any atom is 0.193 e. The molecule has 3 N–H and O–H groups in total. The molecule has 0 aromatic heterocycles. The van der Waals surface area contributed by atoms with Gasteiger partial charge in [0.1, 0.15) is 0 Å². The molecule has 7 heteroatoms. The Morgan fingerprint density at radius 3 is 2.75 bits per heavy atom. The van der Waals surface area contributed by atoms with Gasteiger partial charge in [-0.3, -0.25) is 4.99 Å². The van der Waals surface area contributed by atoms with Crippen LogP contribution in [-0.4, -0.2) is 51.3 Å². The Balaban J connectivity index is 0.00000288. The van der Waals surface area contributed by atoms with Crippen molar-refractivity contribution >= 4 is 35.6 Å². The second kappa shape index (κ2) is 10.6. The van der Waals surface area contributed by atoms with Gasteiger partial charge in [0.05, 0.1) is 14.2 Å². The lowest BCUT2D eigenvalue weighted by Crippen LogP contribution is -2.36. The van der Waals surface area contributed by atoms with Crippen molar-refractivity contribution in [1.82, 2.24) is 4.90 Å². The third-order valence-electron chi connectivity index (χ3n) is 4.23. The Kier molecular flexibility index (Phi) is 9.20. The van der Waals surface area contributed by atoms with Gasteiger partial charge in [-0.25, -0.2) is 0 Å². The number of nitrogens with one attached hydrogen (secondary N) is 1. The molecular weight excluding hydrogens is 419 g/mol. The van der Waals surface area contributed by atoms with Gasteiger partial charge >= 0.3 is 0 Å². The van der Waals surface area contributed by atoms with E-state index in [9.17, 15) is 0 Å². The van der Waals surface area contributed by atoms with Gasteiger partial charge in [-0.05, 0) is 44.0 Å². The quantitative estimate of drug-likeness (QED) is 0.398. The van der Waals surface area contributed by atoms with Crippen LogP contribution in [0.3, 0.4) is 0 Å². The highest BCUT2D eigenvalue weighted by atomic mass is 127. The lowest BCUT2D eigenvalue weighted by molar-refractivity contribution is 0.187. The van der Waals surface area contributed by atoms with Gasteiger partial charge in [0.15, 0.2) is 17.5 Å². The highest BCUT2D eigenvalue weighted by molar-refractivity contribution is 14.0. The summed E-state index contributed by atoms with van der Waals surface area (Å²) in [5.74, 6) is 2.38. The average molecular weight is 448 g/mol.